The maximum Gasteiger partial charge on any atom is 0.124 e. The van der Waals surface area contributed by atoms with E-state index in [-0.39, 0.29) is 5.82 Å². The summed E-state index contributed by atoms with van der Waals surface area (Å²) in [4.78, 5) is 2.51. The molecular weight excluding hydrogens is 291 g/mol. The van der Waals surface area contributed by atoms with Gasteiger partial charge in [-0.3, -0.25) is 4.90 Å². The largest absolute Gasteiger partial charge is 0.392 e. The SMILES string of the molecule is CCN(CC(N)=S)Cc1cc(F)cc(Br)c1. The van der Waals surface area contributed by atoms with Crippen LogP contribution in [-0.4, -0.2) is 23.0 Å². The smallest absolute Gasteiger partial charge is 0.124 e. The van der Waals surface area contributed by atoms with Gasteiger partial charge < -0.3 is 5.73 Å². The Morgan fingerprint density at radius 2 is 2.19 bits per heavy atom. The average molecular weight is 305 g/mol. The van der Waals surface area contributed by atoms with Crippen molar-refractivity contribution in [2.24, 2.45) is 5.73 Å². The monoisotopic (exact) mass is 304 g/mol. The minimum atomic E-state index is -0.240. The maximum absolute atomic E-state index is 13.1. The number of hydrogen-bond donors (Lipinski definition) is 1. The van der Waals surface area contributed by atoms with Crippen molar-refractivity contribution in [3.63, 3.8) is 0 Å². The highest BCUT2D eigenvalue weighted by Gasteiger charge is 2.06. The molecule has 0 aliphatic carbocycles. The molecule has 5 heteroatoms. The number of hydrogen-bond acceptors (Lipinski definition) is 2. The van der Waals surface area contributed by atoms with E-state index in [1.54, 1.807) is 0 Å². The quantitative estimate of drug-likeness (QED) is 0.848. The minimum absolute atomic E-state index is 0.240. The zero-order valence-corrected chi connectivity index (χ0v) is 11.4. The predicted octanol–water partition coefficient (Wildman–Crippen LogP) is 2.70. The van der Waals surface area contributed by atoms with E-state index in [9.17, 15) is 4.39 Å². The molecule has 1 rings (SSSR count). The Hall–Kier alpha value is -0.520. The minimum Gasteiger partial charge on any atom is -0.392 e. The van der Waals surface area contributed by atoms with Crippen LogP contribution in [0.15, 0.2) is 22.7 Å². The van der Waals surface area contributed by atoms with Gasteiger partial charge >= 0.3 is 0 Å². The van der Waals surface area contributed by atoms with Crippen LogP contribution in [0, 0.1) is 5.82 Å². The molecule has 0 atom stereocenters. The number of nitrogens with two attached hydrogens (primary N) is 1. The van der Waals surface area contributed by atoms with Crippen molar-refractivity contribution in [1.29, 1.82) is 0 Å². The average Bonchev–Trinajstić information content (AvgIpc) is 2.14. The molecule has 2 N–H and O–H groups in total. The molecule has 0 aromatic heterocycles. The van der Waals surface area contributed by atoms with E-state index in [2.05, 4.69) is 20.8 Å². The van der Waals surface area contributed by atoms with Crippen molar-refractivity contribution in [3.8, 4) is 0 Å². The Morgan fingerprint density at radius 3 is 2.69 bits per heavy atom. The highest BCUT2D eigenvalue weighted by Crippen LogP contribution is 2.16. The molecule has 0 radical (unpaired) electrons. The van der Waals surface area contributed by atoms with Gasteiger partial charge in [0.1, 0.15) is 5.82 Å². The van der Waals surface area contributed by atoms with Crippen molar-refractivity contribution >= 4 is 33.1 Å². The second kappa shape index (κ2) is 6.27. The standard InChI is InChI=1S/C11H14BrFN2S/c1-2-15(7-11(14)16)6-8-3-9(12)5-10(13)4-8/h3-5H,2,6-7H2,1H3,(H2,14,16). The molecule has 0 amide bonds. The van der Waals surface area contributed by atoms with Crippen molar-refractivity contribution in [2.45, 2.75) is 13.5 Å². The Labute approximate surface area is 109 Å². The van der Waals surface area contributed by atoms with Crippen LogP contribution in [0.1, 0.15) is 12.5 Å². The van der Waals surface area contributed by atoms with Gasteiger partial charge in [-0.15, -0.1) is 0 Å². The third-order valence-electron chi connectivity index (χ3n) is 2.16. The summed E-state index contributed by atoms with van der Waals surface area (Å²) in [5, 5.41) is 0. The first kappa shape index (κ1) is 13.5. The third kappa shape index (κ3) is 4.55. The Morgan fingerprint density at radius 1 is 1.50 bits per heavy atom. The molecule has 1 aromatic rings. The van der Waals surface area contributed by atoms with Gasteiger partial charge in [0.05, 0.1) is 4.99 Å². The fourth-order valence-electron chi connectivity index (χ4n) is 1.46. The lowest BCUT2D eigenvalue weighted by Gasteiger charge is -2.19. The molecule has 0 unspecified atom stereocenters. The fourth-order valence-corrected chi connectivity index (χ4v) is 2.16. The lowest BCUT2D eigenvalue weighted by atomic mass is 10.2. The second-order valence-electron chi connectivity index (χ2n) is 3.55. The Bertz CT molecular complexity index is 364. The van der Waals surface area contributed by atoms with Crippen molar-refractivity contribution in [1.82, 2.24) is 4.90 Å². The second-order valence-corrected chi connectivity index (χ2v) is 4.99. The lowest BCUT2D eigenvalue weighted by molar-refractivity contribution is 0.320. The molecule has 1 aromatic carbocycles. The van der Waals surface area contributed by atoms with E-state index in [1.807, 2.05) is 13.0 Å². The summed E-state index contributed by atoms with van der Waals surface area (Å²) in [6.45, 7) is 4.04. The number of halogens is 2. The van der Waals surface area contributed by atoms with Crippen LogP contribution in [0.25, 0.3) is 0 Å². The van der Waals surface area contributed by atoms with Gasteiger partial charge in [-0.25, -0.2) is 4.39 Å². The van der Waals surface area contributed by atoms with Crippen molar-refractivity contribution in [2.75, 3.05) is 13.1 Å². The summed E-state index contributed by atoms with van der Waals surface area (Å²) >= 11 is 8.13. The first-order chi connectivity index (χ1) is 7.51. The zero-order chi connectivity index (χ0) is 12.1. The molecule has 0 aliphatic rings. The van der Waals surface area contributed by atoms with Gasteiger partial charge in [-0.05, 0) is 30.3 Å². The molecule has 0 heterocycles. The number of benzene rings is 1. The van der Waals surface area contributed by atoms with Gasteiger partial charge in [0.15, 0.2) is 0 Å². The summed E-state index contributed by atoms with van der Waals surface area (Å²) in [6, 6.07) is 4.85. The van der Waals surface area contributed by atoms with Crippen molar-refractivity contribution < 1.29 is 4.39 Å². The van der Waals surface area contributed by atoms with Gasteiger partial charge in [-0.1, -0.05) is 35.1 Å². The van der Waals surface area contributed by atoms with Crippen LogP contribution in [-0.2, 0) is 6.54 Å². The van der Waals surface area contributed by atoms with Crippen LogP contribution in [0.3, 0.4) is 0 Å². The van der Waals surface area contributed by atoms with Gasteiger partial charge in [-0.2, -0.15) is 0 Å². The molecule has 0 fully saturated rings. The highest BCUT2D eigenvalue weighted by atomic mass is 79.9. The molecule has 0 saturated carbocycles. The van der Waals surface area contributed by atoms with Gasteiger partial charge in [0.2, 0.25) is 0 Å². The molecule has 0 spiro atoms. The third-order valence-corrected chi connectivity index (χ3v) is 2.74. The lowest BCUT2D eigenvalue weighted by Crippen LogP contribution is -2.32. The molecular formula is C11H14BrFN2S. The van der Waals surface area contributed by atoms with Crippen LogP contribution in [0.4, 0.5) is 4.39 Å². The first-order valence-electron chi connectivity index (χ1n) is 4.97. The van der Waals surface area contributed by atoms with E-state index >= 15 is 0 Å². The Kier molecular flexibility index (Phi) is 5.31. The number of nitrogens with zero attached hydrogens (tertiary/aromatic N) is 1. The zero-order valence-electron chi connectivity index (χ0n) is 9.04. The molecule has 88 valence electrons. The summed E-state index contributed by atoms with van der Waals surface area (Å²) in [7, 11) is 0. The molecule has 0 aliphatic heterocycles. The van der Waals surface area contributed by atoms with Crippen LogP contribution in [0.2, 0.25) is 0 Å². The van der Waals surface area contributed by atoms with Gasteiger partial charge in [0.25, 0.3) is 0 Å². The number of likely N-dealkylation sites (N-methyl/N-ethyl adjacent to an activating group) is 1. The topological polar surface area (TPSA) is 29.3 Å². The summed E-state index contributed by atoms with van der Waals surface area (Å²) in [5.74, 6) is -0.240. The van der Waals surface area contributed by atoms with Crippen molar-refractivity contribution in [3.05, 3.63) is 34.1 Å². The van der Waals surface area contributed by atoms with E-state index in [0.717, 1.165) is 16.6 Å². The number of thiocarbonyl (C=S) groups is 1. The summed E-state index contributed by atoms with van der Waals surface area (Å²) in [5.41, 5.74) is 6.40. The maximum atomic E-state index is 13.1. The van der Waals surface area contributed by atoms with Gasteiger partial charge in [0, 0.05) is 17.6 Å². The predicted molar refractivity (Wildman–Crippen MR) is 71.8 cm³/mol. The molecule has 0 bridgehead atoms. The molecule has 2 nitrogen and oxygen atoms in total. The summed E-state index contributed by atoms with van der Waals surface area (Å²) < 4.78 is 13.9. The normalized spacial score (nSPS) is 10.8. The first-order valence-corrected chi connectivity index (χ1v) is 6.17. The van der Waals surface area contributed by atoms with Crippen LogP contribution in [0.5, 0.6) is 0 Å². The number of rotatable bonds is 5. The van der Waals surface area contributed by atoms with E-state index in [4.69, 9.17) is 18.0 Å². The summed E-state index contributed by atoms with van der Waals surface area (Å²) in [6.07, 6.45) is 0. The molecule has 0 saturated heterocycles. The van der Waals surface area contributed by atoms with Crippen LogP contribution >= 0.6 is 28.1 Å². The highest BCUT2D eigenvalue weighted by molar-refractivity contribution is 9.10. The Balaban J connectivity index is 2.73. The van der Waals surface area contributed by atoms with E-state index < -0.39 is 0 Å². The van der Waals surface area contributed by atoms with Crippen LogP contribution < -0.4 is 5.73 Å². The molecule has 16 heavy (non-hydrogen) atoms. The van der Waals surface area contributed by atoms with E-state index in [0.29, 0.717) is 18.1 Å². The van der Waals surface area contributed by atoms with E-state index in [1.165, 1.54) is 12.1 Å². The fraction of sp³-hybridized carbons (Fsp3) is 0.364.